The fraction of sp³-hybridized carbons (Fsp3) is 0.133. The van der Waals surface area contributed by atoms with E-state index in [1.54, 1.807) is 31.2 Å². The number of rotatable bonds is 3. The van der Waals surface area contributed by atoms with Gasteiger partial charge in [0.05, 0.1) is 6.10 Å². The topological polar surface area (TPSA) is 49.3 Å². The van der Waals surface area contributed by atoms with Crippen molar-refractivity contribution < 1.29 is 18.7 Å². The summed E-state index contributed by atoms with van der Waals surface area (Å²) in [5.74, 6) is -2.22. The molecule has 0 aromatic heterocycles. The number of halogens is 2. The molecule has 0 spiro atoms. The third kappa shape index (κ3) is 3.39. The number of carbonyl (C=O) groups excluding carboxylic acids is 1. The average Bonchev–Trinajstić information content (AvgIpc) is 2.38. The molecule has 1 atom stereocenters. The van der Waals surface area contributed by atoms with E-state index in [1.165, 1.54) is 0 Å². The van der Waals surface area contributed by atoms with Crippen molar-refractivity contribution in [2.45, 2.75) is 13.0 Å². The molecule has 1 amide bonds. The van der Waals surface area contributed by atoms with Gasteiger partial charge in [-0.25, -0.2) is 8.78 Å². The molecule has 5 heteroatoms. The molecule has 1 unspecified atom stereocenters. The third-order valence-electron chi connectivity index (χ3n) is 2.78. The number of aliphatic hydroxyl groups excluding tert-OH is 1. The molecule has 2 aromatic carbocycles. The number of carbonyl (C=O) groups is 1. The first kappa shape index (κ1) is 14.1. The maximum absolute atomic E-state index is 13.0. The van der Waals surface area contributed by atoms with Gasteiger partial charge in [-0.1, -0.05) is 12.1 Å². The van der Waals surface area contributed by atoms with E-state index in [9.17, 15) is 18.7 Å². The lowest BCUT2D eigenvalue weighted by molar-refractivity contribution is 0.102. The molecule has 2 N–H and O–H groups in total. The van der Waals surface area contributed by atoms with Crippen LogP contribution in [0.25, 0.3) is 0 Å². The quantitative estimate of drug-likeness (QED) is 0.904. The van der Waals surface area contributed by atoms with Crippen molar-refractivity contribution in [2.24, 2.45) is 0 Å². The molecular formula is C15H13F2NO2. The Labute approximate surface area is 114 Å². The van der Waals surface area contributed by atoms with Gasteiger partial charge in [-0.05, 0) is 36.8 Å². The van der Waals surface area contributed by atoms with E-state index < -0.39 is 23.6 Å². The van der Waals surface area contributed by atoms with Crippen LogP contribution in [0, 0.1) is 11.6 Å². The van der Waals surface area contributed by atoms with Crippen LogP contribution in [0.1, 0.15) is 28.9 Å². The molecule has 0 aliphatic carbocycles. The fourth-order valence-corrected chi connectivity index (χ4v) is 1.73. The Bertz CT molecular complexity index is 604. The first-order valence-corrected chi connectivity index (χ1v) is 6.01. The number of benzene rings is 2. The lowest BCUT2D eigenvalue weighted by atomic mass is 10.1. The molecule has 0 saturated carbocycles. The van der Waals surface area contributed by atoms with Crippen LogP contribution in [-0.2, 0) is 0 Å². The number of hydrogen-bond acceptors (Lipinski definition) is 2. The van der Waals surface area contributed by atoms with Gasteiger partial charge in [-0.2, -0.15) is 0 Å². The highest BCUT2D eigenvalue weighted by atomic mass is 19.1. The predicted octanol–water partition coefficient (Wildman–Crippen LogP) is 3.27. The summed E-state index contributed by atoms with van der Waals surface area (Å²) < 4.78 is 26.0. The van der Waals surface area contributed by atoms with E-state index in [2.05, 4.69) is 5.32 Å². The van der Waals surface area contributed by atoms with Crippen molar-refractivity contribution >= 4 is 11.6 Å². The van der Waals surface area contributed by atoms with Crippen LogP contribution in [0.2, 0.25) is 0 Å². The van der Waals surface area contributed by atoms with E-state index >= 15 is 0 Å². The van der Waals surface area contributed by atoms with E-state index in [0.717, 1.165) is 12.1 Å². The summed E-state index contributed by atoms with van der Waals surface area (Å²) in [7, 11) is 0. The van der Waals surface area contributed by atoms with Crippen LogP contribution in [-0.4, -0.2) is 11.0 Å². The summed E-state index contributed by atoms with van der Waals surface area (Å²) in [6, 6.07) is 9.16. The van der Waals surface area contributed by atoms with Crippen molar-refractivity contribution in [2.75, 3.05) is 5.32 Å². The second-order valence-corrected chi connectivity index (χ2v) is 4.41. The van der Waals surface area contributed by atoms with Crippen molar-refractivity contribution in [3.63, 3.8) is 0 Å². The summed E-state index contributed by atoms with van der Waals surface area (Å²) in [6.45, 7) is 1.63. The molecule has 20 heavy (non-hydrogen) atoms. The molecule has 104 valence electrons. The predicted molar refractivity (Wildman–Crippen MR) is 71.4 cm³/mol. The summed E-state index contributed by atoms with van der Waals surface area (Å²) >= 11 is 0. The molecule has 3 nitrogen and oxygen atoms in total. The Hall–Kier alpha value is -2.27. The van der Waals surface area contributed by atoms with Crippen LogP contribution in [0.3, 0.4) is 0 Å². The smallest absolute Gasteiger partial charge is 0.255 e. The normalized spacial score (nSPS) is 12.0. The minimum Gasteiger partial charge on any atom is -0.389 e. The first-order valence-electron chi connectivity index (χ1n) is 6.01. The molecule has 0 aliphatic heterocycles. The van der Waals surface area contributed by atoms with E-state index in [0.29, 0.717) is 17.3 Å². The lowest BCUT2D eigenvalue weighted by Crippen LogP contribution is -2.12. The number of amides is 1. The van der Waals surface area contributed by atoms with Gasteiger partial charge in [-0.15, -0.1) is 0 Å². The SMILES string of the molecule is CC(O)c1ccc(NC(=O)c2cc(F)cc(F)c2)cc1. The average molecular weight is 277 g/mol. The highest BCUT2D eigenvalue weighted by Gasteiger charge is 2.10. The standard InChI is InChI=1S/C15H13F2NO2/c1-9(19)10-2-4-14(5-3-10)18-15(20)11-6-12(16)8-13(17)7-11/h2-9,19H,1H3,(H,18,20). The van der Waals surface area contributed by atoms with Gasteiger partial charge in [0.2, 0.25) is 0 Å². The Morgan fingerprint density at radius 2 is 1.65 bits per heavy atom. The van der Waals surface area contributed by atoms with Crippen LogP contribution in [0.4, 0.5) is 14.5 Å². The van der Waals surface area contributed by atoms with E-state index in [-0.39, 0.29) is 5.56 Å². The Morgan fingerprint density at radius 3 is 2.15 bits per heavy atom. The molecular weight excluding hydrogens is 264 g/mol. The summed E-state index contributed by atoms with van der Waals surface area (Å²) in [5, 5.41) is 11.9. The van der Waals surface area contributed by atoms with E-state index in [1.807, 2.05) is 0 Å². The van der Waals surface area contributed by atoms with Crippen LogP contribution in [0.5, 0.6) is 0 Å². The highest BCUT2D eigenvalue weighted by Crippen LogP contribution is 2.17. The van der Waals surface area contributed by atoms with Crippen molar-refractivity contribution in [1.29, 1.82) is 0 Å². The van der Waals surface area contributed by atoms with Crippen LogP contribution >= 0.6 is 0 Å². The molecule has 0 fully saturated rings. The minimum absolute atomic E-state index is 0.0953. The van der Waals surface area contributed by atoms with Crippen LogP contribution in [0.15, 0.2) is 42.5 Å². The molecule has 0 heterocycles. The lowest BCUT2D eigenvalue weighted by Gasteiger charge is -2.08. The Kier molecular flexibility index (Phi) is 4.10. The van der Waals surface area contributed by atoms with Gasteiger partial charge in [0, 0.05) is 17.3 Å². The van der Waals surface area contributed by atoms with Crippen molar-refractivity contribution in [3.05, 3.63) is 65.2 Å². The highest BCUT2D eigenvalue weighted by molar-refractivity contribution is 6.04. The molecule has 0 radical (unpaired) electrons. The van der Waals surface area contributed by atoms with Gasteiger partial charge >= 0.3 is 0 Å². The zero-order valence-corrected chi connectivity index (χ0v) is 10.7. The molecule has 0 saturated heterocycles. The second-order valence-electron chi connectivity index (χ2n) is 4.41. The van der Waals surface area contributed by atoms with E-state index in [4.69, 9.17) is 0 Å². The van der Waals surface area contributed by atoms with Gasteiger partial charge in [-0.3, -0.25) is 4.79 Å². The number of aliphatic hydroxyl groups is 1. The van der Waals surface area contributed by atoms with Crippen LogP contribution < -0.4 is 5.32 Å². The number of anilines is 1. The molecule has 2 aromatic rings. The maximum Gasteiger partial charge on any atom is 0.255 e. The fourth-order valence-electron chi connectivity index (χ4n) is 1.73. The maximum atomic E-state index is 13.0. The molecule has 2 rings (SSSR count). The number of hydrogen-bond donors (Lipinski definition) is 2. The number of nitrogens with one attached hydrogen (secondary N) is 1. The molecule has 0 aliphatic rings. The molecule has 0 bridgehead atoms. The monoisotopic (exact) mass is 277 g/mol. The zero-order valence-electron chi connectivity index (χ0n) is 10.7. The Morgan fingerprint density at radius 1 is 1.10 bits per heavy atom. The largest absolute Gasteiger partial charge is 0.389 e. The minimum atomic E-state index is -0.806. The first-order chi connectivity index (χ1) is 9.45. The van der Waals surface area contributed by atoms with Gasteiger partial charge in [0.1, 0.15) is 11.6 Å². The van der Waals surface area contributed by atoms with Crippen molar-refractivity contribution in [3.8, 4) is 0 Å². The summed E-state index contributed by atoms with van der Waals surface area (Å²) in [5.41, 5.74) is 1.09. The Balaban J connectivity index is 2.14. The zero-order chi connectivity index (χ0) is 14.7. The van der Waals surface area contributed by atoms with Gasteiger partial charge < -0.3 is 10.4 Å². The van der Waals surface area contributed by atoms with Gasteiger partial charge in [0.25, 0.3) is 5.91 Å². The summed E-state index contributed by atoms with van der Waals surface area (Å²) in [4.78, 5) is 11.8. The third-order valence-corrected chi connectivity index (χ3v) is 2.78. The van der Waals surface area contributed by atoms with Crippen molar-refractivity contribution in [1.82, 2.24) is 0 Å². The second kappa shape index (κ2) is 5.79. The summed E-state index contributed by atoms with van der Waals surface area (Å²) in [6.07, 6.45) is -0.600. The van der Waals surface area contributed by atoms with Gasteiger partial charge in [0.15, 0.2) is 0 Å².